The first-order valence-electron chi connectivity index (χ1n) is 7.12. The van der Waals surface area contributed by atoms with E-state index in [2.05, 4.69) is 39.0 Å². The number of hydrogen-bond acceptors (Lipinski definition) is 3. The van der Waals surface area contributed by atoms with Crippen LogP contribution in [0.1, 0.15) is 30.5 Å². The van der Waals surface area contributed by atoms with Gasteiger partial charge in [0.25, 0.3) is 0 Å². The van der Waals surface area contributed by atoms with Crippen LogP contribution in [0.5, 0.6) is 11.5 Å². The van der Waals surface area contributed by atoms with Crippen LogP contribution in [0, 0.1) is 13.8 Å². The maximum absolute atomic E-state index is 6.19. The molecule has 1 aliphatic rings. The van der Waals surface area contributed by atoms with E-state index in [-0.39, 0.29) is 0 Å². The minimum atomic E-state index is -0.412. The predicted molar refractivity (Wildman–Crippen MR) is 86.0 cm³/mol. The van der Waals surface area contributed by atoms with Gasteiger partial charge in [0.15, 0.2) is 0 Å². The molecule has 0 amide bonds. The summed E-state index contributed by atoms with van der Waals surface area (Å²) in [6, 6.07) is 8.28. The smallest absolute Gasteiger partial charge is 0.130 e. The van der Waals surface area contributed by atoms with Gasteiger partial charge in [-0.2, -0.15) is 0 Å². The lowest BCUT2D eigenvalue weighted by molar-refractivity contribution is 0.105. The van der Waals surface area contributed by atoms with E-state index in [1.165, 1.54) is 5.56 Å². The summed E-state index contributed by atoms with van der Waals surface area (Å²) in [6.45, 7) is 8.22. The van der Waals surface area contributed by atoms with Crippen molar-refractivity contribution in [2.75, 3.05) is 12.8 Å². The zero-order valence-electron chi connectivity index (χ0n) is 13.2. The highest BCUT2D eigenvalue weighted by atomic mass is 16.5. The molecule has 3 heteroatoms. The fraction of sp³-hybridized carbons (Fsp3) is 0.333. The predicted octanol–water partition coefficient (Wildman–Crippen LogP) is 4.19. The van der Waals surface area contributed by atoms with Crippen molar-refractivity contribution in [3.8, 4) is 22.6 Å². The van der Waals surface area contributed by atoms with E-state index in [9.17, 15) is 0 Å². The maximum atomic E-state index is 6.19. The highest BCUT2D eigenvalue weighted by Crippen LogP contribution is 2.48. The van der Waals surface area contributed by atoms with E-state index in [1.807, 2.05) is 13.0 Å². The summed E-state index contributed by atoms with van der Waals surface area (Å²) < 4.78 is 11.6. The van der Waals surface area contributed by atoms with Crippen LogP contribution >= 0.6 is 0 Å². The second-order valence-corrected chi connectivity index (χ2v) is 6.18. The van der Waals surface area contributed by atoms with Crippen LogP contribution in [-0.4, -0.2) is 7.11 Å². The van der Waals surface area contributed by atoms with Crippen molar-refractivity contribution < 1.29 is 9.47 Å². The summed E-state index contributed by atoms with van der Waals surface area (Å²) in [5.74, 6) is 1.74. The van der Waals surface area contributed by atoms with Gasteiger partial charge in [0.05, 0.1) is 7.11 Å². The molecule has 0 aromatic heterocycles. The van der Waals surface area contributed by atoms with Gasteiger partial charge in [-0.3, -0.25) is 0 Å². The third-order valence-electron chi connectivity index (χ3n) is 4.21. The molecule has 1 heterocycles. The lowest BCUT2D eigenvalue weighted by Crippen LogP contribution is -2.29. The first-order chi connectivity index (χ1) is 9.83. The fourth-order valence-corrected chi connectivity index (χ4v) is 2.96. The molecule has 2 aromatic rings. The first kappa shape index (κ1) is 13.8. The number of nitrogen functional groups attached to an aromatic ring is 1. The molecule has 0 saturated carbocycles. The Kier molecular flexibility index (Phi) is 2.90. The number of nitrogens with two attached hydrogens (primary N) is 1. The highest BCUT2D eigenvalue weighted by molar-refractivity contribution is 5.80. The van der Waals surface area contributed by atoms with Crippen molar-refractivity contribution in [1.29, 1.82) is 0 Å². The highest BCUT2D eigenvalue weighted by Gasteiger charge is 2.33. The number of anilines is 1. The molecule has 0 fully saturated rings. The van der Waals surface area contributed by atoms with Crippen molar-refractivity contribution in [1.82, 2.24) is 0 Å². The summed E-state index contributed by atoms with van der Waals surface area (Å²) in [5.41, 5.74) is 12.0. The fourth-order valence-electron chi connectivity index (χ4n) is 2.96. The Morgan fingerprint density at radius 3 is 2.33 bits per heavy atom. The average molecular weight is 283 g/mol. The molecule has 0 saturated heterocycles. The van der Waals surface area contributed by atoms with Crippen LogP contribution in [0.4, 0.5) is 5.69 Å². The summed E-state index contributed by atoms with van der Waals surface area (Å²) >= 11 is 0. The Balaban J connectivity index is 2.33. The van der Waals surface area contributed by atoms with Crippen molar-refractivity contribution in [3.05, 3.63) is 41.0 Å². The number of hydrogen-bond donors (Lipinski definition) is 1. The summed E-state index contributed by atoms with van der Waals surface area (Å²) in [6.07, 6.45) is 0. The number of methoxy groups -OCH3 is 1. The summed E-state index contributed by atoms with van der Waals surface area (Å²) in [7, 11) is 1.70. The Morgan fingerprint density at radius 2 is 1.67 bits per heavy atom. The lowest BCUT2D eigenvalue weighted by Gasteiger charge is -2.36. The SMILES string of the molecule is COc1cc2c(cc1C)-c1cc(C)c(N)cc1OC2(C)C. The number of rotatable bonds is 1. The monoisotopic (exact) mass is 283 g/mol. The molecule has 2 N–H and O–H groups in total. The third-order valence-corrected chi connectivity index (χ3v) is 4.21. The maximum Gasteiger partial charge on any atom is 0.130 e. The van der Waals surface area contributed by atoms with E-state index in [4.69, 9.17) is 15.2 Å². The third kappa shape index (κ3) is 2.04. The number of aryl methyl sites for hydroxylation is 2. The van der Waals surface area contributed by atoms with Crippen molar-refractivity contribution in [3.63, 3.8) is 0 Å². The molecule has 0 atom stereocenters. The minimum Gasteiger partial charge on any atom is -0.496 e. The first-order valence-corrected chi connectivity index (χ1v) is 7.12. The number of ether oxygens (including phenoxy) is 2. The second kappa shape index (κ2) is 4.42. The molecule has 0 bridgehead atoms. The molecule has 1 aliphatic heterocycles. The van der Waals surface area contributed by atoms with E-state index in [0.29, 0.717) is 0 Å². The largest absolute Gasteiger partial charge is 0.496 e. The van der Waals surface area contributed by atoms with Gasteiger partial charge in [-0.15, -0.1) is 0 Å². The zero-order chi connectivity index (χ0) is 15.4. The topological polar surface area (TPSA) is 44.5 Å². The average Bonchev–Trinajstić information content (AvgIpc) is 2.40. The molecule has 110 valence electrons. The normalized spacial score (nSPS) is 14.9. The van der Waals surface area contributed by atoms with Crippen LogP contribution in [0.15, 0.2) is 24.3 Å². The van der Waals surface area contributed by atoms with Gasteiger partial charge in [-0.05, 0) is 62.6 Å². The second-order valence-electron chi connectivity index (χ2n) is 6.18. The Labute approximate surface area is 125 Å². The van der Waals surface area contributed by atoms with Gasteiger partial charge in [0.1, 0.15) is 17.1 Å². The van der Waals surface area contributed by atoms with Gasteiger partial charge in [0.2, 0.25) is 0 Å². The van der Waals surface area contributed by atoms with Crippen LogP contribution in [0.2, 0.25) is 0 Å². The molecule has 0 unspecified atom stereocenters. The molecular weight excluding hydrogens is 262 g/mol. The van der Waals surface area contributed by atoms with Gasteiger partial charge >= 0.3 is 0 Å². The molecular formula is C18H21NO2. The van der Waals surface area contributed by atoms with Gasteiger partial charge in [0, 0.05) is 22.9 Å². The van der Waals surface area contributed by atoms with Crippen molar-refractivity contribution in [2.24, 2.45) is 0 Å². The van der Waals surface area contributed by atoms with Crippen LogP contribution in [0.25, 0.3) is 11.1 Å². The van der Waals surface area contributed by atoms with E-state index >= 15 is 0 Å². The Hall–Kier alpha value is -2.16. The molecule has 3 rings (SSSR count). The Bertz CT molecular complexity index is 732. The number of benzene rings is 2. The molecule has 0 spiro atoms. The Morgan fingerprint density at radius 1 is 1.00 bits per heavy atom. The van der Waals surface area contributed by atoms with Crippen molar-refractivity contribution in [2.45, 2.75) is 33.3 Å². The van der Waals surface area contributed by atoms with E-state index < -0.39 is 5.60 Å². The zero-order valence-corrected chi connectivity index (χ0v) is 13.2. The standard InChI is InChI=1S/C18H21NO2/c1-10-6-13-12-7-11(2)16(20-5)8-14(12)18(3,4)21-17(13)9-15(10)19/h6-9H,19H2,1-5H3. The van der Waals surface area contributed by atoms with Crippen LogP contribution in [-0.2, 0) is 5.60 Å². The molecule has 0 radical (unpaired) electrons. The van der Waals surface area contributed by atoms with Crippen molar-refractivity contribution >= 4 is 5.69 Å². The molecule has 2 aromatic carbocycles. The van der Waals surface area contributed by atoms with Gasteiger partial charge in [-0.1, -0.05) is 0 Å². The summed E-state index contributed by atoms with van der Waals surface area (Å²) in [4.78, 5) is 0. The lowest BCUT2D eigenvalue weighted by atomic mass is 9.84. The quantitative estimate of drug-likeness (QED) is 0.798. The van der Waals surface area contributed by atoms with Crippen LogP contribution in [0.3, 0.4) is 0 Å². The van der Waals surface area contributed by atoms with Gasteiger partial charge < -0.3 is 15.2 Å². The van der Waals surface area contributed by atoms with E-state index in [1.54, 1.807) is 7.11 Å². The molecule has 3 nitrogen and oxygen atoms in total. The summed E-state index contributed by atoms with van der Waals surface area (Å²) in [5, 5.41) is 0. The minimum absolute atomic E-state index is 0.412. The van der Waals surface area contributed by atoms with Gasteiger partial charge in [-0.25, -0.2) is 0 Å². The molecule has 21 heavy (non-hydrogen) atoms. The van der Waals surface area contributed by atoms with Crippen LogP contribution < -0.4 is 15.2 Å². The van der Waals surface area contributed by atoms with E-state index in [0.717, 1.165) is 39.4 Å². The molecule has 0 aliphatic carbocycles. The number of fused-ring (bicyclic) bond motifs is 3.